The number of carbonyl (C=O) groups excluding carboxylic acids is 2. The Morgan fingerprint density at radius 3 is 2.21 bits per heavy atom. The standard InChI is InChI=1S/C34H39NO7/c1-5-40-30(33(39)41-6-2)21-23-7-14-27(15-8-23)42-20-19-35-18-17-34(3,4)28-22-26(13-16-29(28)35)31(36)24-9-11-25(12-10-24)32(37)38/h7-16,22,30H,5-6,17-21H2,1-4H3,(H,37,38)/t30-/m0/s1. The zero-order valence-electron chi connectivity index (χ0n) is 24.7. The van der Waals surface area contributed by atoms with E-state index in [2.05, 4.69) is 18.7 Å². The van der Waals surface area contributed by atoms with Crippen molar-refractivity contribution >= 4 is 23.4 Å². The molecule has 0 radical (unpaired) electrons. The first-order chi connectivity index (χ1) is 20.1. The molecule has 0 saturated heterocycles. The average Bonchev–Trinajstić information content (AvgIpc) is 2.98. The summed E-state index contributed by atoms with van der Waals surface area (Å²) in [6, 6.07) is 19.5. The highest BCUT2D eigenvalue weighted by Crippen LogP contribution is 2.40. The SMILES string of the molecule is CCOC(=O)[C@H](Cc1ccc(OCCN2CCC(C)(C)c3cc(C(=O)c4ccc(C(=O)O)cc4)ccc32)cc1)OCC. The normalized spacial score (nSPS) is 14.5. The van der Waals surface area contributed by atoms with E-state index in [-0.39, 0.29) is 22.7 Å². The van der Waals surface area contributed by atoms with E-state index in [1.165, 1.54) is 12.1 Å². The van der Waals surface area contributed by atoms with Gasteiger partial charge in [0.25, 0.3) is 0 Å². The molecule has 4 rings (SSSR count). The van der Waals surface area contributed by atoms with E-state index in [9.17, 15) is 14.4 Å². The summed E-state index contributed by atoms with van der Waals surface area (Å²) in [5, 5.41) is 9.14. The molecule has 3 aromatic rings. The Labute approximate surface area is 247 Å². The van der Waals surface area contributed by atoms with E-state index < -0.39 is 12.1 Å². The fraction of sp³-hybridized carbons (Fsp3) is 0.382. The van der Waals surface area contributed by atoms with E-state index in [0.717, 1.165) is 35.5 Å². The van der Waals surface area contributed by atoms with Crippen molar-refractivity contribution in [3.05, 3.63) is 94.5 Å². The molecule has 0 aromatic heterocycles. The smallest absolute Gasteiger partial charge is 0.335 e. The van der Waals surface area contributed by atoms with Crippen LogP contribution in [0.3, 0.4) is 0 Å². The van der Waals surface area contributed by atoms with Crippen LogP contribution in [0.15, 0.2) is 66.7 Å². The largest absolute Gasteiger partial charge is 0.492 e. The van der Waals surface area contributed by atoms with Crippen molar-refractivity contribution < 1.29 is 33.7 Å². The first-order valence-corrected chi connectivity index (χ1v) is 14.4. The number of hydrogen-bond donors (Lipinski definition) is 1. The van der Waals surface area contributed by atoms with Crippen LogP contribution in [-0.4, -0.2) is 61.8 Å². The van der Waals surface area contributed by atoms with Crippen LogP contribution in [0.25, 0.3) is 0 Å². The Hall–Kier alpha value is -4.17. The maximum absolute atomic E-state index is 13.2. The fourth-order valence-corrected chi connectivity index (χ4v) is 5.18. The number of benzene rings is 3. The lowest BCUT2D eigenvalue weighted by molar-refractivity contribution is -0.156. The van der Waals surface area contributed by atoms with Gasteiger partial charge in [0.2, 0.25) is 0 Å². The van der Waals surface area contributed by atoms with Gasteiger partial charge in [-0.1, -0.05) is 38.1 Å². The number of carboxylic acid groups (broad SMARTS) is 1. The topological polar surface area (TPSA) is 102 Å². The Kier molecular flexibility index (Phi) is 10.0. The first-order valence-electron chi connectivity index (χ1n) is 14.4. The summed E-state index contributed by atoms with van der Waals surface area (Å²) in [5.74, 6) is -0.762. The minimum atomic E-state index is -1.02. The molecule has 8 nitrogen and oxygen atoms in total. The fourth-order valence-electron chi connectivity index (χ4n) is 5.18. The summed E-state index contributed by atoms with van der Waals surface area (Å²) in [6.45, 7) is 10.8. The van der Waals surface area contributed by atoms with E-state index in [1.54, 1.807) is 19.1 Å². The molecule has 1 aliphatic heterocycles. The van der Waals surface area contributed by atoms with Crippen LogP contribution < -0.4 is 9.64 Å². The number of hydrogen-bond acceptors (Lipinski definition) is 7. The van der Waals surface area contributed by atoms with Gasteiger partial charge < -0.3 is 24.2 Å². The van der Waals surface area contributed by atoms with Crippen molar-refractivity contribution in [2.75, 3.05) is 37.8 Å². The molecule has 8 heteroatoms. The molecule has 0 aliphatic carbocycles. The Morgan fingerprint density at radius 2 is 1.57 bits per heavy atom. The lowest BCUT2D eigenvalue weighted by Gasteiger charge is -2.40. The van der Waals surface area contributed by atoms with Crippen LogP contribution >= 0.6 is 0 Å². The van der Waals surface area contributed by atoms with E-state index in [1.807, 2.05) is 49.4 Å². The zero-order chi connectivity index (χ0) is 30.3. The number of rotatable bonds is 13. The summed E-state index contributed by atoms with van der Waals surface area (Å²) in [5.41, 5.74) is 4.24. The van der Waals surface area contributed by atoms with Gasteiger partial charge in [-0.2, -0.15) is 0 Å². The van der Waals surface area contributed by atoms with Crippen molar-refractivity contribution in [3.63, 3.8) is 0 Å². The molecule has 222 valence electrons. The third-order valence-corrected chi connectivity index (χ3v) is 7.62. The molecule has 1 heterocycles. The van der Waals surface area contributed by atoms with E-state index in [0.29, 0.717) is 43.9 Å². The summed E-state index contributed by atoms with van der Waals surface area (Å²) in [7, 11) is 0. The number of aromatic carboxylic acids is 1. The van der Waals surface area contributed by atoms with Crippen LogP contribution in [0.1, 0.15) is 71.5 Å². The molecule has 0 saturated carbocycles. The van der Waals surface area contributed by atoms with Gasteiger partial charge in [0.05, 0.1) is 18.7 Å². The summed E-state index contributed by atoms with van der Waals surface area (Å²) >= 11 is 0. The molecule has 1 N–H and O–H groups in total. The number of anilines is 1. The van der Waals surface area contributed by atoms with Gasteiger partial charge in [-0.25, -0.2) is 9.59 Å². The maximum Gasteiger partial charge on any atom is 0.335 e. The van der Waals surface area contributed by atoms with Crippen molar-refractivity contribution in [2.45, 2.75) is 52.1 Å². The van der Waals surface area contributed by atoms with Crippen molar-refractivity contribution in [2.24, 2.45) is 0 Å². The van der Waals surface area contributed by atoms with Gasteiger partial charge in [-0.15, -0.1) is 0 Å². The van der Waals surface area contributed by atoms with Gasteiger partial charge in [-0.3, -0.25) is 4.79 Å². The van der Waals surface area contributed by atoms with Crippen LogP contribution in [-0.2, 0) is 26.1 Å². The molecule has 0 amide bonds. The number of ether oxygens (including phenoxy) is 3. The minimum absolute atomic E-state index is 0.102. The third kappa shape index (κ3) is 7.36. The second kappa shape index (κ2) is 13.7. The number of fused-ring (bicyclic) bond motifs is 1. The summed E-state index contributed by atoms with van der Waals surface area (Å²) < 4.78 is 16.7. The predicted octanol–water partition coefficient (Wildman–Crippen LogP) is 5.69. The number of ketones is 1. The predicted molar refractivity (Wildman–Crippen MR) is 161 cm³/mol. The molecule has 0 spiro atoms. The number of nitrogens with zero attached hydrogens (tertiary/aromatic N) is 1. The quantitative estimate of drug-likeness (QED) is 0.205. The summed E-state index contributed by atoms with van der Waals surface area (Å²) in [6.07, 6.45) is 0.741. The number of carboxylic acids is 1. The Morgan fingerprint density at radius 1 is 0.905 bits per heavy atom. The van der Waals surface area contributed by atoms with E-state index in [4.69, 9.17) is 19.3 Å². The molecule has 0 bridgehead atoms. The minimum Gasteiger partial charge on any atom is -0.492 e. The Bertz CT molecular complexity index is 1400. The first kappa shape index (κ1) is 30.8. The third-order valence-electron chi connectivity index (χ3n) is 7.62. The van der Waals surface area contributed by atoms with Gasteiger partial charge in [0, 0.05) is 36.4 Å². The number of carbonyl (C=O) groups is 3. The van der Waals surface area contributed by atoms with Gasteiger partial charge in [0.1, 0.15) is 12.4 Å². The number of esters is 1. The van der Waals surface area contributed by atoms with Crippen LogP contribution in [0.5, 0.6) is 5.75 Å². The van der Waals surface area contributed by atoms with Crippen LogP contribution in [0.2, 0.25) is 0 Å². The maximum atomic E-state index is 13.2. The van der Waals surface area contributed by atoms with Crippen molar-refractivity contribution in [1.82, 2.24) is 0 Å². The lowest BCUT2D eigenvalue weighted by Crippen LogP contribution is -2.39. The van der Waals surface area contributed by atoms with Crippen LogP contribution in [0.4, 0.5) is 5.69 Å². The van der Waals surface area contributed by atoms with E-state index >= 15 is 0 Å². The van der Waals surface area contributed by atoms with Crippen molar-refractivity contribution in [1.29, 1.82) is 0 Å². The van der Waals surface area contributed by atoms with Crippen molar-refractivity contribution in [3.8, 4) is 5.75 Å². The monoisotopic (exact) mass is 573 g/mol. The van der Waals surface area contributed by atoms with Crippen LogP contribution in [0, 0.1) is 0 Å². The molecular weight excluding hydrogens is 534 g/mol. The highest BCUT2D eigenvalue weighted by atomic mass is 16.6. The highest BCUT2D eigenvalue weighted by Gasteiger charge is 2.32. The molecule has 1 aliphatic rings. The lowest BCUT2D eigenvalue weighted by atomic mass is 9.76. The average molecular weight is 574 g/mol. The molecule has 0 unspecified atom stereocenters. The second-order valence-electron chi connectivity index (χ2n) is 11.0. The highest BCUT2D eigenvalue weighted by molar-refractivity contribution is 6.09. The Balaban J connectivity index is 1.39. The molecule has 1 atom stereocenters. The second-order valence-corrected chi connectivity index (χ2v) is 11.0. The summed E-state index contributed by atoms with van der Waals surface area (Å²) in [4.78, 5) is 38.8. The van der Waals surface area contributed by atoms with Gasteiger partial charge in [-0.05, 0) is 79.3 Å². The molecule has 3 aromatic carbocycles. The molecule has 42 heavy (non-hydrogen) atoms. The van der Waals surface area contributed by atoms with Gasteiger partial charge in [0.15, 0.2) is 11.9 Å². The van der Waals surface area contributed by atoms with Gasteiger partial charge >= 0.3 is 11.9 Å². The molecule has 0 fully saturated rings. The molecular formula is C34H39NO7. The zero-order valence-corrected chi connectivity index (χ0v) is 24.7.